The van der Waals surface area contributed by atoms with Crippen LogP contribution in [-0.2, 0) is 16.6 Å². The summed E-state index contributed by atoms with van der Waals surface area (Å²) >= 11 is 6.01. The van der Waals surface area contributed by atoms with Crippen molar-refractivity contribution in [2.75, 3.05) is 13.6 Å². The third-order valence-corrected chi connectivity index (χ3v) is 5.81. The van der Waals surface area contributed by atoms with Crippen LogP contribution in [0.15, 0.2) is 23.1 Å². The molecule has 0 aromatic heterocycles. The summed E-state index contributed by atoms with van der Waals surface area (Å²) in [5.74, 6) is 0. The second-order valence-corrected chi connectivity index (χ2v) is 7.71. The molecular formula is C14H22ClN3O2S. The topological polar surface area (TPSA) is 75.4 Å². The molecule has 1 saturated carbocycles. The van der Waals surface area contributed by atoms with Crippen LogP contribution in [0.25, 0.3) is 0 Å². The fourth-order valence-corrected chi connectivity index (χ4v) is 3.84. The summed E-state index contributed by atoms with van der Waals surface area (Å²) < 4.78 is 27.4. The zero-order chi connectivity index (χ0) is 15.6. The molecule has 1 atom stereocenters. The second kappa shape index (κ2) is 6.62. The Kier molecular flexibility index (Phi) is 5.27. The highest BCUT2D eigenvalue weighted by molar-refractivity contribution is 7.89. The predicted molar refractivity (Wildman–Crippen MR) is 84.8 cm³/mol. The number of hydrogen-bond acceptors (Lipinski definition) is 4. The minimum Gasteiger partial charge on any atom is -0.326 e. The number of hydrogen-bond donors (Lipinski definition) is 2. The summed E-state index contributed by atoms with van der Waals surface area (Å²) in [6.07, 6.45) is 2.38. The predicted octanol–water partition coefficient (Wildman–Crippen LogP) is 1.56. The molecule has 1 aliphatic rings. The fourth-order valence-electron chi connectivity index (χ4n) is 2.17. The summed E-state index contributed by atoms with van der Waals surface area (Å²) in [5.41, 5.74) is 6.29. The van der Waals surface area contributed by atoms with Crippen LogP contribution in [0.3, 0.4) is 0 Å². The molecule has 5 nitrogen and oxygen atoms in total. The highest BCUT2D eigenvalue weighted by atomic mass is 35.5. The molecule has 0 spiro atoms. The Morgan fingerprint density at radius 3 is 2.71 bits per heavy atom. The first-order valence-corrected chi connectivity index (χ1v) is 8.91. The van der Waals surface area contributed by atoms with E-state index in [9.17, 15) is 8.42 Å². The molecule has 1 aromatic rings. The Hall–Kier alpha value is -0.660. The molecule has 0 radical (unpaired) electrons. The van der Waals surface area contributed by atoms with E-state index in [0.29, 0.717) is 12.6 Å². The number of nitrogens with two attached hydrogens (primary N) is 1. The van der Waals surface area contributed by atoms with E-state index in [4.69, 9.17) is 17.3 Å². The van der Waals surface area contributed by atoms with E-state index in [1.165, 1.54) is 18.9 Å². The van der Waals surface area contributed by atoms with E-state index in [0.717, 1.165) is 5.56 Å². The van der Waals surface area contributed by atoms with Gasteiger partial charge in [0.15, 0.2) is 0 Å². The third kappa shape index (κ3) is 4.17. The van der Waals surface area contributed by atoms with Crippen molar-refractivity contribution in [1.82, 2.24) is 9.62 Å². The minimum atomic E-state index is -3.62. The van der Waals surface area contributed by atoms with E-state index in [1.807, 2.05) is 14.0 Å². The van der Waals surface area contributed by atoms with Crippen molar-refractivity contribution in [3.05, 3.63) is 28.8 Å². The summed E-state index contributed by atoms with van der Waals surface area (Å²) in [4.78, 5) is 2.30. The molecule has 118 valence electrons. The SMILES string of the molecule is CC(CNS(=O)(=O)c1cc(CN)ccc1Cl)N(C)C1CC1. The van der Waals surface area contributed by atoms with Crippen LogP contribution in [0.4, 0.5) is 0 Å². The fraction of sp³-hybridized carbons (Fsp3) is 0.571. The van der Waals surface area contributed by atoms with Crippen LogP contribution in [0.5, 0.6) is 0 Å². The van der Waals surface area contributed by atoms with Crippen molar-refractivity contribution >= 4 is 21.6 Å². The maximum atomic E-state index is 12.4. The Labute approximate surface area is 131 Å². The molecule has 1 aromatic carbocycles. The van der Waals surface area contributed by atoms with Crippen molar-refractivity contribution in [1.29, 1.82) is 0 Å². The van der Waals surface area contributed by atoms with Crippen molar-refractivity contribution in [3.63, 3.8) is 0 Å². The monoisotopic (exact) mass is 331 g/mol. The van der Waals surface area contributed by atoms with Gasteiger partial charge in [-0.1, -0.05) is 17.7 Å². The van der Waals surface area contributed by atoms with Crippen LogP contribution < -0.4 is 10.5 Å². The van der Waals surface area contributed by atoms with Crippen LogP contribution in [-0.4, -0.2) is 39.0 Å². The minimum absolute atomic E-state index is 0.0911. The standard InChI is InChI=1S/C14H22ClN3O2S/c1-10(18(2)12-4-5-12)9-17-21(19,20)14-7-11(8-16)3-6-13(14)15/h3,6-7,10,12,17H,4-5,8-9,16H2,1-2H3. The van der Waals surface area contributed by atoms with Crippen molar-refractivity contribution in [3.8, 4) is 0 Å². The van der Waals surface area contributed by atoms with Gasteiger partial charge in [-0.15, -0.1) is 0 Å². The molecule has 21 heavy (non-hydrogen) atoms. The lowest BCUT2D eigenvalue weighted by Crippen LogP contribution is -2.41. The highest BCUT2D eigenvalue weighted by Gasteiger charge is 2.29. The first-order chi connectivity index (χ1) is 9.85. The number of benzene rings is 1. The molecule has 1 fully saturated rings. The molecule has 1 unspecified atom stereocenters. The number of rotatable bonds is 7. The van der Waals surface area contributed by atoms with Gasteiger partial charge in [0.05, 0.1) is 5.02 Å². The van der Waals surface area contributed by atoms with Crippen LogP contribution in [0, 0.1) is 0 Å². The van der Waals surface area contributed by atoms with Crippen LogP contribution in [0.1, 0.15) is 25.3 Å². The van der Waals surface area contributed by atoms with Gasteiger partial charge in [-0.3, -0.25) is 4.90 Å². The lowest BCUT2D eigenvalue weighted by Gasteiger charge is -2.24. The smallest absolute Gasteiger partial charge is 0.242 e. The number of likely N-dealkylation sites (N-methyl/N-ethyl adjacent to an activating group) is 1. The molecule has 0 heterocycles. The second-order valence-electron chi connectivity index (χ2n) is 5.57. The Morgan fingerprint density at radius 1 is 1.48 bits per heavy atom. The van der Waals surface area contributed by atoms with Crippen LogP contribution in [0.2, 0.25) is 5.02 Å². The normalized spacial score (nSPS) is 17.2. The average Bonchev–Trinajstić information content (AvgIpc) is 3.29. The van der Waals surface area contributed by atoms with Gasteiger partial charge in [0, 0.05) is 25.2 Å². The molecule has 3 N–H and O–H groups in total. The average molecular weight is 332 g/mol. The Bertz CT molecular complexity index is 602. The zero-order valence-corrected chi connectivity index (χ0v) is 13.9. The van der Waals surface area contributed by atoms with Gasteiger partial charge in [0.25, 0.3) is 0 Å². The Morgan fingerprint density at radius 2 is 2.14 bits per heavy atom. The largest absolute Gasteiger partial charge is 0.326 e. The van der Waals surface area contributed by atoms with Gasteiger partial charge < -0.3 is 5.73 Å². The summed E-state index contributed by atoms with van der Waals surface area (Å²) in [6, 6.07) is 5.56. The number of nitrogens with zero attached hydrogens (tertiary/aromatic N) is 1. The summed E-state index contributed by atoms with van der Waals surface area (Å²) in [6.45, 7) is 2.65. The van der Waals surface area contributed by atoms with E-state index in [2.05, 4.69) is 9.62 Å². The molecule has 7 heteroatoms. The molecule has 1 aliphatic carbocycles. The molecule has 2 rings (SSSR count). The first-order valence-electron chi connectivity index (χ1n) is 7.05. The van der Waals surface area contributed by atoms with E-state index < -0.39 is 10.0 Å². The van der Waals surface area contributed by atoms with Crippen molar-refractivity contribution in [2.24, 2.45) is 5.73 Å². The molecule has 0 aliphatic heterocycles. The lowest BCUT2D eigenvalue weighted by atomic mass is 10.2. The van der Waals surface area contributed by atoms with Crippen molar-refractivity contribution in [2.45, 2.75) is 43.3 Å². The molecule has 0 amide bonds. The zero-order valence-electron chi connectivity index (χ0n) is 12.3. The van der Waals surface area contributed by atoms with Gasteiger partial charge in [0.2, 0.25) is 10.0 Å². The van der Waals surface area contributed by atoms with E-state index in [-0.39, 0.29) is 22.5 Å². The van der Waals surface area contributed by atoms with Gasteiger partial charge >= 0.3 is 0 Å². The number of sulfonamides is 1. The molecule has 0 saturated heterocycles. The van der Waals surface area contributed by atoms with Gasteiger partial charge in [-0.05, 0) is 44.5 Å². The van der Waals surface area contributed by atoms with Gasteiger partial charge in [-0.2, -0.15) is 0 Å². The van der Waals surface area contributed by atoms with Crippen molar-refractivity contribution < 1.29 is 8.42 Å². The highest BCUT2D eigenvalue weighted by Crippen LogP contribution is 2.27. The number of halogens is 1. The summed E-state index contributed by atoms with van der Waals surface area (Å²) in [5, 5.41) is 0.211. The maximum absolute atomic E-state index is 12.4. The quantitative estimate of drug-likeness (QED) is 0.795. The third-order valence-electron chi connectivity index (χ3n) is 3.91. The molecule has 0 bridgehead atoms. The van der Waals surface area contributed by atoms with Crippen LogP contribution >= 0.6 is 11.6 Å². The molecular weight excluding hydrogens is 310 g/mol. The number of nitrogens with one attached hydrogen (secondary N) is 1. The first kappa shape index (κ1) is 16.7. The van der Waals surface area contributed by atoms with E-state index >= 15 is 0 Å². The van der Waals surface area contributed by atoms with Gasteiger partial charge in [0.1, 0.15) is 4.90 Å². The van der Waals surface area contributed by atoms with E-state index in [1.54, 1.807) is 12.1 Å². The Balaban J connectivity index is 2.07. The summed E-state index contributed by atoms with van der Waals surface area (Å²) in [7, 11) is -1.60. The van der Waals surface area contributed by atoms with Gasteiger partial charge in [-0.25, -0.2) is 13.1 Å². The maximum Gasteiger partial charge on any atom is 0.242 e. The lowest BCUT2D eigenvalue weighted by molar-refractivity contribution is 0.248.